The Morgan fingerprint density at radius 3 is 1.42 bits per heavy atom. The molecule has 0 saturated heterocycles. The lowest BCUT2D eigenvalue weighted by atomic mass is 10.2. The van der Waals surface area contributed by atoms with E-state index in [1.165, 1.54) is 12.5 Å². The van der Waals surface area contributed by atoms with Gasteiger partial charge in [-0.25, -0.2) is 0 Å². The highest BCUT2D eigenvalue weighted by Gasteiger charge is 2.28. The molecule has 4 N–H and O–H groups in total. The summed E-state index contributed by atoms with van der Waals surface area (Å²) in [6.45, 7) is 4.58. The maximum atomic E-state index is 6.01. The number of quaternary nitrogens is 2. The molecule has 2 atom stereocenters. The second-order valence-corrected chi connectivity index (χ2v) is 10.8. The molecule has 2 aromatic carbocycles. The fourth-order valence-corrected chi connectivity index (χ4v) is 3.97. The molecule has 0 spiro atoms. The molecule has 0 saturated carbocycles. The molecular formula is C28H40N4O6+2. The van der Waals surface area contributed by atoms with E-state index in [9.17, 15) is 0 Å². The first-order valence-corrected chi connectivity index (χ1v) is 12.7. The van der Waals surface area contributed by atoms with Crippen LogP contribution >= 0.6 is 0 Å². The van der Waals surface area contributed by atoms with Crippen molar-refractivity contribution in [3.8, 4) is 0 Å². The normalized spacial score (nSPS) is 18.9. The van der Waals surface area contributed by atoms with Gasteiger partial charge in [-0.1, -0.05) is 24.3 Å². The fourth-order valence-electron chi connectivity index (χ4n) is 3.97. The number of nitrogen functional groups attached to an aromatic ring is 2. The molecule has 2 aliphatic heterocycles. The van der Waals surface area contributed by atoms with Crippen LogP contribution in [0.2, 0.25) is 0 Å². The highest BCUT2D eigenvalue weighted by atomic mass is 16.8. The number of hydrogen-bond acceptors (Lipinski definition) is 8. The van der Waals surface area contributed by atoms with Crippen LogP contribution in [0.4, 0.5) is 11.4 Å². The average molecular weight is 529 g/mol. The molecule has 0 bridgehead atoms. The van der Waals surface area contributed by atoms with Crippen LogP contribution in [-0.2, 0) is 28.4 Å². The van der Waals surface area contributed by atoms with E-state index in [-0.39, 0.29) is 0 Å². The third-order valence-corrected chi connectivity index (χ3v) is 6.71. The van der Waals surface area contributed by atoms with Gasteiger partial charge in [0.15, 0.2) is 12.5 Å². The second-order valence-electron chi connectivity index (χ2n) is 10.8. The Hall–Kier alpha value is -3.76. The van der Waals surface area contributed by atoms with Crippen LogP contribution < -0.4 is 11.5 Å². The standard InChI is InChI=1S/C28H40N4O6/c1-31(2,15-17-33-25-19-35-27(37-25)21-9-5-7-11-23(21)29)13-14-32(3,4)16-18-34-26-20-36-28(38-26)22-10-6-8-12-24(22)30/h5-12,19-20,27-28H,13-18,29-30H2,1-4H3/q+2. The van der Waals surface area contributed by atoms with E-state index in [2.05, 4.69) is 28.2 Å². The quantitative estimate of drug-likeness (QED) is 0.301. The van der Waals surface area contributed by atoms with Crippen LogP contribution in [0.1, 0.15) is 23.7 Å². The van der Waals surface area contributed by atoms with Crippen LogP contribution in [0.15, 0.2) is 72.9 Å². The average Bonchev–Trinajstić information content (AvgIpc) is 3.54. The molecule has 206 valence electrons. The lowest BCUT2D eigenvalue weighted by Gasteiger charge is -2.35. The Bertz CT molecular complexity index is 1060. The highest BCUT2D eigenvalue weighted by molar-refractivity contribution is 5.48. The minimum atomic E-state index is -0.576. The van der Waals surface area contributed by atoms with Gasteiger partial charge in [-0.05, 0) is 24.3 Å². The number of rotatable bonds is 13. The SMILES string of the molecule is C[N+](C)(CCOC1=COC(c2ccccc2N)O1)CC[N+](C)(C)CCOC1=COC(c2ccccc2N)O1. The Labute approximate surface area is 224 Å². The summed E-state index contributed by atoms with van der Waals surface area (Å²) in [6.07, 6.45) is 1.85. The molecule has 38 heavy (non-hydrogen) atoms. The molecule has 0 aromatic heterocycles. The first-order chi connectivity index (χ1) is 18.1. The first-order valence-electron chi connectivity index (χ1n) is 12.7. The van der Waals surface area contributed by atoms with Gasteiger partial charge in [0, 0.05) is 11.4 Å². The lowest BCUT2D eigenvalue weighted by Crippen LogP contribution is -2.52. The van der Waals surface area contributed by atoms with Crippen LogP contribution in [0.5, 0.6) is 0 Å². The number of anilines is 2. The van der Waals surface area contributed by atoms with E-state index >= 15 is 0 Å². The molecule has 0 aliphatic carbocycles. The van der Waals surface area contributed by atoms with E-state index in [0.29, 0.717) is 36.5 Å². The zero-order valence-corrected chi connectivity index (χ0v) is 22.7. The predicted octanol–water partition coefficient (Wildman–Crippen LogP) is 3.43. The van der Waals surface area contributed by atoms with Crippen molar-refractivity contribution in [3.05, 3.63) is 84.1 Å². The number of hydrogen-bond donors (Lipinski definition) is 2. The molecule has 4 rings (SSSR count). The van der Waals surface area contributed by atoms with Crippen LogP contribution in [0, 0.1) is 0 Å². The highest BCUT2D eigenvalue weighted by Crippen LogP contribution is 2.33. The van der Waals surface area contributed by atoms with Crippen molar-refractivity contribution in [1.82, 2.24) is 0 Å². The Balaban J connectivity index is 1.12. The maximum Gasteiger partial charge on any atom is 0.319 e. The summed E-state index contributed by atoms with van der Waals surface area (Å²) in [5.41, 5.74) is 14.8. The number of nitrogens with two attached hydrogens (primary N) is 2. The van der Waals surface area contributed by atoms with Gasteiger partial charge in [0.05, 0.1) is 39.3 Å². The number of para-hydroxylation sites is 2. The number of likely N-dealkylation sites (N-methyl/N-ethyl adjacent to an activating group) is 2. The van der Waals surface area contributed by atoms with Gasteiger partial charge >= 0.3 is 11.9 Å². The first kappa shape index (κ1) is 27.3. The van der Waals surface area contributed by atoms with Gasteiger partial charge in [0.1, 0.15) is 39.4 Å². The smallest absolute Gasteiger partial charge is 0.319 e. The molecule has 0 radical (unpaired) electrons. The lowest BCUT2D eigenvalue weighted by molar-refractivity contribution is -0.946. The van der Waals surface area contributed by atoms with Crippen molar-refractivity contribution in [2.45, 2.75) is 12.6 Å². The summed E-state index contributed by atoms with van der Waals surface area (Å²) in [5, 5.41) is 0. The Morgan fingerprint density at radius 1 is 0.632 bits per heavy atom. The summed E-state index contributed by atoms with van der Waals surface area (Å²) in [7, 11) is 8.77. The zero-order chi connectivity index (χ0) is 27.2. The van der Waals surface area contributed by atoms with E-state index < -0.39 is 12.6 Å². The van der Waals surface area contributed by atoms with Crippen LogP contribution in [-0.4, -0.2) is 76.5 Å². The number of nitrogens with zero attached hydrogens (tertiary/aromatic N) is 2. The van der Waals surface area contributed by atoms with Gasteiger partial charge in [0.2, 0.25) is 0 Å². The molecule has 0 fully saturated rings. The van der Waals surface area contributed by atoms with Crippen molar-refractivity contribution in [2.75, 3.05) is 79.1 Å². The van der Waals surface area contributed by atoms with Crippen molar-refractivity contribution < 1.29 is 37.4 Å². The monoisotopic (exact) mass is 528 g/mol. The van der Waals surface area contributed by atoms with E-state index in [1.807, 2.05) is 48.5 Å². The third kappa shape index (κ3) is 7.39. The number of ether oxygens (including phenoxy) is 6. The van der Waals surface area contributed by atoms with Crippen LogP contribution in [0.3, 0.4) is 0 Å². The minimum absolute atomic E-state index is 0.371. The van der Waals surface area contributed by atoms with Crippen molar-refractivity contribution in [1.29, 1.82) is 0 Å². The summed E-state index contributed by atoms with van der Waals surface area (Å²) in [6, 6.07) is 14.9. The van der Waals surface area contributed by atoms with Crippen molar-refractivity contribution >= 4 is 11.4 Å². The molecule has 2 aromatic rings. The van der Waals surface area contributed by atoms with E-state index in [1.54, 1.807) is 0 Å². The molecular weight excluding hydrogens is 488 g/mol. The largest absolute Gasteiger partial charge is 0.457 e. The van der Waals surface area contributed by atoms with Crippen molar-refractivity contribution in [3.63, 3.8) is 0 Å². The van der Waals surface area contributed by atoms with Gasteiger partial charge in [-0.15, -0.1) is 0 Å². The fraction of sp³-hybridized carbons (Fsp3) is 0.429. The summed E-state index contributed by atoms with van der Waals surface area (Å²) >= 11 is 0. The zero-order valence-electron chi connectivity index (χ0n) is 22.7. The Kier molecular flexibility index (Phi) is 8.43. The van der Waals surface area contributed by atoms with Crippen molar-refractivity contribution in [2.24, 2.45) is 0 Å². The second kappa shape index (κ2) is 11.7. The number of benzene rings is 2. The Morgan fingerprint density at radius 2 is 1.03 bits per heavy atom. The molecule has 2 unspecified atom stereocenters. The summed E-state index contributed by atoms with van der Waals surface area (Å²) in [4.78, 5) is 0. The maximum absolute atomic E-state index is 6.01. The molecule has 0 amide bonds. The molecule has 2 heterocycles. The van der Waals surface area contributed by atoms with E-state index in [0.717, 1.165) is 46.3 Å². The third-order valence-electron chi connectivity index (χ3n) is 6.71. The topological polar surface area (TPSA) is 107 Å². The summed E-state index contributed by atoms with van der Waals surface area (Å²) in [5.74, 6) is 0.743. The van der Waals surface area contributed by atoms with Crippen LogP contribution in [0.25, 0.3) is 0 Å². The molecule has 10 heteroatoms. The molecule has 10 nitrogen and oxygen atoms in total. The van der Waals surface area contributed by atoms with E-state index in [4.69, 9.17) is 39.9 Å². The minimum Gasteiger partial charge on any atom is -0.457 e. The van der Waals surface area contributed by atoms with Gasteiger partial charge in [-0.3, -0.25) is 0 Å². The van der Waals surface area contributed by atoms with Gasteiger partial charge < -0.3 is 48.9 Å². The predicted molar refractivity (Wildman–Crippen MR) is 143 cm³/mol. The van der Waals surface area contributed by atoms with Gasteiger partial charge in [-0.2, -0.15) is 0 Å². The molecule has 2 aliphatic rings. The summed E-state index contributed by atoms with van der Waals surface area (Å²) < 4.78 is 35.9. The van der Waals surface area contributed by atoms with Gasteiger partial charge in [0.25, 0.3) is 12.6 Å².